The van der Waals surface area contributed by atoms with Crippen molar-refractivity contribution in [2.75, 3.05) is 0 Å². The SMILES string of the molecule is CCCCCCCCC(B(O)O)C(=O)O. The van der Waals surface area contributed by atoms with Gasteiger partial charge in [0.2, 0.25) is 0 Å². The third-order valence-corrected chi connectivity index (χ3v) is 2.55. The molecule has 4 nitrogen and oxygen atoms in total. The molecule has 3 N–H and O–H groups in total. The molecule has 5 heteroatoms. The Hall–Kier alpha value is -0.545. The maximum Gasteiger partial charge on any atom is 0.466 e. The van der Waals surface area contributed by atoms with E-state index in [4.69, 9.17) is 15.2 Å². The fraction of sp³-hybridized carbons (Fsp3) is 0.900. The van der Waals surface area contributed by atoms with Crippen LogP contribution in [0.25, 0.3) is 0 Å². The third kappa shape index (κ3) is 7.39. The van der Waals surface area contributed by atoms with Gasteiger partial charge in [0, 0.05) is 0 Å². The summed E-state index contributed by atoms with van der Waals surface area (Å²) in [4.78, 5) is 10.6. The predicted octanol–water partition coefficient (Wildman–Crippen LogP) is 1.66. The van der Waals surface area contributed by atoms with Crippen LogP contribution in [0.4, 0.5) is 0 Å². The molecule has 88 valence electrons. The Morgan fingerprint density at radius 2 is 1.67 bits per heavy atom. The molecule has 15 heavy (non-hydrogen) atoms. The topological polar surface area (TPSA) is 77.8 Å². The summed E-state index contributed by atoms with van der Waals surface area (Å²) in [6.07, 6.45) is 6.74. The van der Waals surface area contributed by atoms with Crippen LogP contribution >= 0.6 is 0 Å². The van der Waals surface area contributed by atoms with Gasteiger partial charge in [-0.2, -0.15) is 0 Å². The van der Waals surface area contributed by atoms with Crippen LogP contribution in [0.15, 0.2) is 0 Å². The minimum Gasteiger partial charge on any atom is -0.481 e. The molecule has 0 spiro atoms. The lowest BCUT2D eigenvalue weighted by Crippen LogP contribution is -2.26. The summed E-state index contributed by atoms with van der Waals surface area (Å²) in [6, 6.07) is 0. The maximum atomic E-state index is 10.6. The largest absolute Gasteiger partial charge is 0.481 e. The van der Waals surface area contributed by atoms with E-state index in [9.17, 15) is 4.79 Å². The van der Waals surface area contributed by atoms with Gasteiger partial charge in [-0.15, -0.1) is 0 Å². The number of unbranched alkanes of at least 4 members (excludes halogenated alkanes) is 5. The number of aliphatic carboxylic acids is 1. The fourth-order valence-corrected chi connectivity index (χ4v) is 1.54. The van der Waals surface area contributed by atoms with Crippen LogP contribution in [0.2, 0.25) is 5.82 Å². The van der Waals surface area contributed by atoms with Gasteiger partial charge in [-0.1, -0.05) is 45.4 Å². The first kappa shape index (κ1) is 14.5. The summed E-state index contributed by atoms with van der Waals surface area (Å²) >= 11 is 0. The van der Waals surface area contributed by atoms with Crippen molar-refractivity contribution in [2.24, 2.45) is 0 Å². The molecule has 1 unspecified atom stereocenters. The first-order chi connectivity index (χ1) is 7.09. The highest BCUT2D eigenvalue weighted by Gasteiger charge is 2.29. The minimum absolute atomic E-state index is 0.346. The highest BCUT2D eigenvalue weighted by atomic mass is 16.4. The summed E-state index contributed by atoms with van der Waals surface area (Å²) in [6.45, 7) is 2.14. The Morgan fingerprint density at radius 1 is 1.13 bits per heavy atom. The van der Waals surface area contributed by atoms with Crippen LogP contribution in [-0.4, -0.2) is 28.2 Å². The quantitative estimate of drug-likeness (QED) is 0.404. The zero-order valence-electron chi connectivity index (χ0n) is 9.35. The molecule has 0 amide bonds. The van der Waals surface area contributed by atoms with Crippen molar-refractivity contribution in [2.45, 2.75) is 57.7 Å². The molecule has 0 aliphatic heterocycles. The standard InChI is InChI=1S/C10H21BO4/c1-2-3-4-5-6-7-8-9(10(12)13)11(14)15/h9,14-15H,2-8H2,1H3,(H,12,13). The number of rotatable bonds is 9. The van der Waals surface area contributed by atoms with Gasteiger partial charge in [0.15, 0.2) is 0 Å². The molecule has 0 heterocycles. The maximum absolute atomic E-state index is 10.6. The molecule has 0 aliphatic rings. The van der Waals surface area contributed by atoms with Gasteiger partial charge < -0.3 is 15.2 Å². The highest BCUT2D eigenvalue weighted by Crippen LogP contribution is 2.18. The first-order valence-corrected chi connectivity index (χ1v) is 5.68. The third-order valence-electron chi connectivity index (χ3n) is 2.55. The summed E-state index contributed by atoms with van der Waals surface area (Å²) in [5.74, 6) is -2.16. The monoisotopic (exact) mass is 216 g/mol. The summed E-state index contributed by atoms with van der Waals surface area (Å²) in [7, 11) is -1.74. The molecule has 0 bridgehead atoms. The lowest BCUT2D eigenvalue weighted by atomic mass is 9.70. The number of carboxylic acids is 1. The van der Waals surface area contributed by atoms with Gasteiger partial charge >= 0.3 is 13.1 Å². The van der Waals surface area contributed by atoms with Crippen LogP contribution in [0.1, 0.15) is 51.9 Å². The molecule has 0 rings (SSSR count). The van der Waals surface area contributed by atoms with E-state index >= 15 is 0 Å². The zero-order valence-corrected chi connectivity index (χ0v) is 9.35. The van der Waals surface area contributed by atoms with E-state index < -0.39 is 18.9 Å². The van der Waals surface area contributed by atoms with Crippen molar-refractivity contribution >= 4 is 13.1 Å². The van der Waals surface area contributed by atoms with E-state index in [1.54, 1.807) is 0 Å². The first-order valence-electron chi connectivity index (χ1n) is 5.68. The molecule has 0 saturated carbocycles. The Labute approximate surface area is 91.5 Å². The molecule has 0 saturated heterocycles. The molecule has 0 aromatic heterocycles. The normalized spacial score (nSPS) is 12.5. The van der Waals surface area contributed by atoms with Crippen molar-refractivity contribution in [3.05, 3.63) is 0 Å². The van der Waals surface area contributed by atoms with E-state index in [0.29, 0.717) is 6.42 Å². The van der Waals surface area contributed by atoms with Crippen LogP contribution in [0.5, 0.6) is 0 Å². The second kappa shape index (κ2) is 8.74. The second-order valence-corrected chi connectivity index (χ2v) is 3.91. The lowest BCUT2D eigenvalue weighted by molar-refractivity contribution is -0.137. The summed E-state index contributed by atoms with van der Waals surface area (Å²) in [5.41, 5.74) is 0. The second-order valence-electron chi connectivity index (χ2n) is 3.91. The van der Waals surface area contributed by atoms with Gasteiger partial charge in [0.25, 0.3) is 0 Å². The number of hydrogen-bond donors (Lipinski definition) is 3. The van der Waals surface area contributed by atoms with Gasteiger partial charge in [-0.05, 0) is 6.42 Å². The van der Waals surface area contributed by atoms with Gasteiger partial charge in [-0.3, -0.25) is 4.79 Å². The summed E-state index contributed by atoms with van der Waals surface area (Å²) in [5, 5.41) is 26.3. The van der Waals surface area contributed by atoms with Gasteiger partial charge in [0.05, 0.1) is 5.82 Å². The Balaban J connectivity index is 3.50. The van der Waals surface area contributed by atoms with Crippen molar-refractivity contribution in [1.82, 2.24) is 0 Å². The lowest BCUT2D eigenvalue weighted by Gasteiger charge is -2.10. The van der Waals surface area contributed by atoms with Crippen molar-refractivity contribution < 1.29 is 19.9 Å². The number of hydrogen-bond acceptors (Lipinski definition) is 3. The molecule has 0 fully saturated rings. The Bertz CT molecular complexity index is 173. The van der Waals surface area contributed by atoms with Crippen LogP contribution in [0, 0.1) is 0 Å². The Morgan fingerprint density at radius 3 is 2.13 bits per heavy atom. The highest BCUT2D eigenvalue weighted by molar-refractivity contribution is 6.48. The van der Waals surface area contributed by atoms with E-state index in [2.05, 4.69) is 6.92 Å². The Kier molecular flexibility index (Phi) is 8.42. The predicted molar refractivity (Wildman–Crippen MR) is 59.6 cm³/mol. The van der Waals surface area contributed by atoms with Crippen molar-refractivity contribution in [1.29, 1.82) is 0 Å². The number of carboxylic acid groups (broad SMARTS) is 1. The van der Waals surface area contributed by atoms with Crippen molar-refractivity contribution in [3.8, 4) is 0 Å². The molecular formula is C10H21BO4. The van der Waals surface area contributed by atoms with Gasteiger partial charge in [0.1, 0.15) is 0 Å². The average Bonchev–Trinajstić information content (AvgIpc) is 2.15. The number of carbonyl (C=O) groups is 1. The molecule has 0 aromatic carbocycles. The zero-order chi connectivity index (χ0) is 11.7. The van der Waals surface area contributed by atoms with E-state index in [1.165, 1.54) is 19.3 Å². The molecule has 0 aromatic rings. The smallest absolute Gasteiger partial charge is 0.466 e. The molecular weight excluding hydrogens is 195 g/mol. The minimum atomic E-state index is -1.74. The molecule has 1 atom stereocenters. The van der Waals surface area contributed by atoms with Crippen LogP contribution < -0.4 is 0 Å². The van der Waals surface area contributed by atoms with Crippen LogP contribution in [0.3, 0.4) is 0 Å². The van der Waals surface area contributed by atoms with E-state index in [1.807, 2.05) is 0 Å². The van der Waals surface area contributed by atoms with Crippen molar-refractivity contribution in [3.63, 3.8) is 0 Å². The molecule has 0 radical (unpaired) electrons. The van der Waals surface area contributed by atoms with E-state index in [-0.39, 0.29) is 0 Å². The molecule has 0 aliphatic carbocycles. The van der Waals surface area contributed by atoms with E-state index in [0.717, 1.165) is 19.3 Å². The summed E-state index contributed by atoms with van der Waals surface area (Å²) < 4.78 is 0. The van der Waals surface area contributed by atoms with Crippen LogP contribution in [-0.2, 0) is 4.79 Å². The van der Waals surface area contributed by atoms with Gasteiger partial charge in [-0.25, -0.2) is 0 Å². The average molecular weight is 216 g/mol. The fourth-order valence-electron chi connectivity index (χ4n) is 1.54.